The molecule has 1 unspecified atom stereocenters. The molecule has 2 aliphatic carbocycles. The summed E-state index contributed by atoms with van der Waals surface area (Å²) in [5, 5.41) is 8.52. The minimum Gasteiger partial charge on any atom is -0.481 e. The van der Waals surface area contributed by atoms with Crippen molar-refractivity contribution in [2.24, 2.45) is 11.8 Å². The molecule has 2 aliphatic heterocycles. The van der Waals surface area contributed by atoms with Gasteiger partial charge in [0.1, 0.15) is 6.10 Å². The Labute approximate surface area is 173 Å². The number of carbonyl (C=O) groups excluding carboxylic acids is 1. The summed E-state index contributed by atoms with van der Waals surface area (Å²) in [6.45, 7) is 1.24. The fourth-order valence-electron chi connectivity index (χ4n) is 4.29. The second-order valence-corrected chi connectivity index (χ2v) is 7.78. The number of carbonyl (C=O) groups is 2. The molecule has 3 atom stereocenters. The van der Waals surface area contributed by atoms with Crippen molar-refractivity contribution >= 4 is 11.9 Å². The normalized spacial score (nSPS) is 31.2. The average Bonchev–Trinajstić information content (AvgIpc) is 3.29. The van der Waals surface area contributed by atoms with Crippen LogP contribution in [0, 0.1) is 18.3 Å². The molecule has 1 radical (unpaired) electrons. The smallest absolute Gasteiger partial charge is 0.309 e. The minimum atomic E-state index is -0.622. The molecule has 0 aromatic heterocycles. The Bertz CT molecular complexity index is 473. The van der Waals surface area contributed by atoms with Gasteiger partial charge in [0.25, 0.3) is 0 Å². The molecular formula is C20H31O6V-. The van der Waals surface area contributed by atoms with Crippen LogP contribution in [0.25, 0.3) is 0 Å². The Kier molecular flexibility index (Phi) is 9.64. The molecule has 27 heavy (non-hydrogen) atoms. The van der Waals surface area contributed by atoms with Gasteiger partial charge in [0.15, 0.2) is 6.10 Å². The first-order valence-electron chi connectivity index (χ1n) is 10.1. The molecule has 153 valence electrons. The van der Waals surface area contributed by atoms with Gasteiger partial charge in [-0.2, -0.15) is 12.8 Å². The van der Waals surface area contributed by atoms with E-state index >= 15 is 0 Å². The number of hydrogen-bond donors (Lipinski definition) is 1. The minimum absolute atomic E-state index is 0. The molecule has 7 heteroatoms. The van der Waals surface area contributed by atoms with Gasteiger partial charge < -0.3 is 25.7 Å². The summed E-state index contributed by atoms with van der Waals surface area (Å²) in [5.74, 6) is -0.600. The van der Waals surface area contributed by atoms with E-state index in [-0.39, 0.29) is 54.7 Å². The van der Waals surface area contributed by atoms with Gasteiger partial charge in [-0.3, -0.25) is 9.59 Å². The molecule has 0 aromatic rings. The molecule has 0 amide bonds. The predicted octanol–water partition coefficient (Wildman–Crippen LogP) is 3.13. The van der Waals surface area contributed by atoms with Gasteiger partial charge in [-0.05, 0) is 19.3 Å². The van der Waals surface area contributed by atoms with Gasteiger partial charge in [-0.15, -0.1) is 0 Å². The number of ether oxygens (including phenoxy) is 3. The monoisotopic (exact) mass is 418 g/mol. The van der Waals surface area contributed by atoms with Crippen molar-refractivity contribution in [2.75, 3.05) is 13.2 Å². The zero-order valence-corrected chi connectivity index (χ0v) is 17.3. The number of hydrogen-bond acceptors (Lipinski definition) is 5. The number of aliphatic carboxylic acids is 1. The Balaban J connectivity index is 0.000000224. The number of rotatable bonds is 3. The summed E-state index contributed by atoms with van der Waals surface area (Å²) in [5.41, 5.74) is 0. The molecule has 2 saturated carbocycles. The molecule has 0 bridgehead atoms. The van der Waals surface area contributed by atoms with Crippen molar-refractivity contribution in [2.45, 2.75) is 82.5 Å². The second-order valence-electron chi connectivity index (χ2n) is 7.78. The van der Waals surface area contributed by atoms with E-state index < -0.39 is 5.97 Å². The summed E-state index contributed by atoms with van der Waals surface area (Å²) in [6, 6.07) is 0. The quantitative estimate of drug-likeness (QED) is 0.560. The van der Waals surface area contributed by atoms with Crippen LogP contribution in [0.5, 0.6) is 0 Å². The molecule has 2 heterocycles. The summed E-state index contributed by atoms with van der Waals surface area (Å²) >= 11 is 0. The summed E-state index contributed by atoms with van der Waals surface area (Å²) in [7, 11) is 0. The van der Waals surface area contributed by atoms with Crippen LogP contribution in [0.3, 0.4) is 0 Å². The zero-order chi connectivity index (χ0) is 18.4. The predicted molar refractivity (Wildman–Crippen MR) is 94.4 cm³/mol. The molecule has 4 aliphatic rings. The maximum Gasteiger partial charge on any atom is 0.309 e. The third-order valence-electron chi connectivity index (χ3n) is 5.91. The van der Waals surface area contributed by atoms with Crippen molar-refractivity contribution in [1.29, 1.82) is 0 Å². The van der Waals surface area contributed by atoms with Crippen molar-refractivity contribution in [3.8, 4) is 0 Å². The first kappa shape index (κ1) is 22.7. The SMILES string of the molecule is O=C(O)C1CC[CH-]CC1.O=C(OC1CO[C@@H]2CCO[C@H]12)C1CCCCC1.[V]. The zero-order valence-electron chi connectivity index (χ0n) is 15.9. The molecule has 6 nitrogen and oxygen atoms in total. The van der Waals surface area contributed by atoms with Gasteiger partial charge in [0, 0.05) is 25.2 Å². The number of esters is 1. The van der Waals surface area contributed by atoms with Gasteiger partial charge in [0.2, 0.25) is 0 Å². The molecule has 4 rings (SSSR count). The van der Waals surface area contributed by atoms with Gasteiger partial charge in [-0.25, -0.2) is 0 Å². The van der Waals surface area contributed by atoms with Crippen LogP contribution in [0.1, 0.15) is 64.2 Å². The van der Waals surface area contributed by atoms with Crippen LogP contribution in [0.4, 0.5) is 0 Å². The number of carboxylic acid groups (broad SMARTS) is 1. The maximum atomic E-state index is 12.0. The molecule has 0 aromatic carbocycles. The molecule has 0 spiro atoms. The fourth-order valence-corrected chi connectivity index (χ4v) is 4.29. The van der Waals surface area contributed by atoms with Crippen LogP contribution < -0.4 is 0 Å². The maximum absolute atomic E-state index is 12.0. The Morgan fingerprint density at radius 2 is 1.63 bits per heavy atom. The second kappa shape index (κ2) is 11.4. The molecule has 4 fully saturated rings. The summed E-state index contributed by atoms with van der Waals surface area (Å²) in [4.78, 5) is 22.3. The van der Waals surface area contributed by atoms with E-state index in [9.17, 15) is 9.59 Å². The summed E-state index contributed by atoms with van der Waals surface area (Å²) in [6.07, 6.45) is 12.3. The van der Waals surface area contributed by atoms with Crippen molar-refractivity contribution in [1.82, 2.24) is 0 Å². The first-order valence-corrected chi connectivity index (χ1v) is 10.1. The van der Waals surface area contributed by atoms with Gasteiger partial charge in [0.05, 0.1) is 24.5 Å². The van der Waals surface area contributed by atoms with Crippen LogP contribution in [0.15, 0.2) is 0 Å². The van der Waals surface area contributed by atoms with Crippen molar-refractivity contribution < 1.29 is 47.5 Å². The summed E-state index contributed by atoms with van der Waals surface area (Å²) < 4.78 is 16.7. The Morgan fingerprint density at radius 1 is 0.926 bits per heavy atom. The third kappa shape index (κ3) is 6.48. The van der Waals surface area contributed by atoms with E-state index in [4.69, 9.17) is 19.3 Å². The van der Waals surface area contributed by atoms with E-state index in [1.165, 1.54) is 6.42 Å². The van der Waals surface area contributed by atoms with Crippen LogP contribution in [-0.2, 0) is 42.4 Å². The Hall–Kier alpha value is -0.556. The van der Waals surface area contributed by atoms with Crippen molar-refractivity contribution in [3.63, 3.8) is 0 Å². The standard InChI is InChI=1S/C13H20O4.C7H11O2.V/c14-13(9-4-2-1-3-5-9)17-11-8-16-10-6-7-15-12(10)11;8-7(9)6-4-2-1-3-5-6;/h9-12H,1-8H2;1,6H,2-5H2,(H,8,9);/q;-1;/t10-,11?,12+;;/m1../s1. The van der Waals surface area contributed by atoms with E-state index in [0.717, 1.165) is 64.4 Å². The van der Waals surface area contributed by atoms with E-state index in [1.807, 2.05) is 0 Å². The average molecular weight is 418 g/mol. The van der Waals surface area contributed by atoms with Crippen LogP contribution >= 0.6 is 0 Å². The largest absolute Gasteiger partial charge is 0.481 e. The number of carboxylic acids is 1. The van der Waals surface area contributed by atoms with E-state index in [0.29, 0.717) is 6.61 Å². The van der Waals surface area contributed by atoms with Crippen LogP contribution in [-0.4, -0.2) is 48.6 Å². The molecule has 2 saturated heterocycles. The van der Waals surface area contributed by atoms with E-state index in [2.05, 4.69) is 6.42 Å². The topological polar surface area (TPSA) is 82.1 Å². The molecule has 1 N–H and O–H groups in total. The van der Waals surface area contributed by atoms with E-state index in [1.54, 1.807) is 0 Å². The first-order chi connectivity index (χ1) is 12.6. The number of fused-ring (bicyclic) bond motifs is 1. The van der Waals surface area contributed by atoms with Gasteiger partial charge in [-0.1, -0.05) is 32.1 Å². The Morgan fingerprint density at radius 3 is 2.26 bits per heavy atom. The van der Waals surface area contributed by atoms with Crippen molar-refractivity contribution in [3.05, 3.63) is 6.42 Å². The molecular weight excluding hydrogens is 387 g/mol. The van der Waals surface area contributed by atoms with Crippen LogP contribution in [0.2, 0.25) is 0 Å². The van der Waals surface area contributed by atoms with Gasteiger partial charge >= 0.3 is 11.9 Å². The third-order valence-corrected chi connectivity index (χ3v) is 5.91. The fraction of sp³-hybridized carbons (Fsp3) is 0.850.